The van der Waals surface area contributed by atoms with Gasteiger partial charge in [-0.05, 0) is 6.92 Å². The molecule has 0 aromatic carbocycles. The molecule has 34 atom stereocenters. The minimum Gasteiger partial charge on any atom is -0.394 e. The highest BCUT2D eigenvalue weighted by molar-refractivity contribution is 5.74. The van der Waals surface area contributed by atoms with E-state index < -0.39 is 278 Å². The molecule has 6 heterocycles. The summed E-state index contributed by atoms with van der Waals surface area (Å²) in [7, 11) is 0. The van der Waals surface area contributed by atoms with Crippen LogP contribution in [0.3, 0.4) is 0 Å². The summed E-state index contributed by atoms with van der Waals surface area (Å²) in [5, 5.41) is 217. The van der Waals surface area contributed by atoms with Crippen molar-refractivity contribution in [3.05, 3.63) is 0 Å². The van der Waals surface area contributed by atoms with Gasteiger partial charge in [0.25, 0.3) is 0 Å². The van der Waals surface area contributed by atoms with E-state index in [-0.39, 0.29) is 0 Å². The molecular weight excluding hydrogens is 1220 g/mol. The normalized spacial score (nSPS) is 44.3. The third-order valence-corrected chi connectivity index (χ3v) is 15.8. The zero-order chi connectivity index (χ0) is 66.2. The fraction of sp³-hybridized carbons (Fsp3) is 0.920. The van der Waals surface area contributed by atoms with Crippen LogP contribution in [0.1, 0.15) is 34.6 Å². The lowest BCUT2D eigenvalue weighted by Crippen LogP contribution is -2.70. The minimum atomic E-state index is -2.47. The number of hydrogen-bond acceptors (Lipinski definition) is 35. The quantitative estimate of drug-likeness (QED) is 0.0382. The molecule has 0 spiro atoms. The number of carbonyl (C=O) groups is 4. The Morgan fingerprint density at radius 3 is 1.26 bits per heavy atom. The van der Waals surface area contributed by atoms with Gasteiger partial charge in [-0.2, -0.15) is 0 Å². The van der Waals surface area contributed by atoms with E-state index in [4.69, 9.17) is 56.8 Å². The number of amides is 4. The second-order valence-corrected chi connectivity index (χ2v) is 22.3. The number of rotatable bonds is 26. The van der Waals surface area contributed by atoms with Crippen LogP contribution in [-0.4, -0.2) is 375 Å². The largest absolute Gasteiger partial charge is 0.394 e. The molecule has 6 saturated heterocycles. The number of hydrogen-bond donors (Lipinski definition) is 23. The van der Waals surface area contributed by atoms with Crippen LogP contribution >= 0.6 is 0 Å². The maximum absolute atomic E-state index is 13.0. The predicted molar refractivity (Wildman–Crippen MR) is 279 cm³/mol. The number of nitrogens with one attached hydrogen (secondary N) is 4. The van der Waals surface area contributed by atoms with Crippen LogP contribution in [0.15, 0.2) is 0 Å². The van der Waals surface area contributed by atoms with Crippen LogP contribution in [0.5, 0.6) is 0 Å². The summed E-state index contributed by atoms with van der Waals surface area (Å²) < 4.78 is 71.0. The molecule has 0 aliphatic carbocycles. The van der Waals surface area contributed by atoms with Crippen molar-refractivity contribution in [3.8, 4) is 0 Å². The van der Waals surface area contributed by atoms with Gasteiger partial charge in [-0.1, -0.05) is 0 Å². The molecule has 0 bridgehead atoms. The van der Waals surface area contributed by atoms with Crippen molar-refractivity contribution >= 4 is 23.6 Å². The van der Waals surface area contributed by atoms with Crippen molar-refractivity contribution in [1.82, 2.24) is 21.3 Å². The van der Waals surface area contributed by atoms with E-state index in [0.29, 0.717) is 0 Å². The van der Waals surface area contributed by atoms with Crippen LogP contribution in [0.4, 0.5) is 0 Å². The molecule has 516 valence electrons. The Balaban J connectivity index is 1.37. The molecular formula is C50H86N4O35. The highest BCUT2D eigenvalue weighted by atomic mass is 16.8. The molecule has 0 radical (unpaired) electrons. The Hall–Kier alpha value is -3.36. The molecule has 23 N–H and O–H groups in total. The Morgan fingerprint density at radius 2 is 0.775 bits per heavy atom. The SMILES string of the molecule is CC(=O)N[C@H]1[C@H](O[C@H]2[C@H](O)[C@@H](CO)O[C@@H](OC[C@@H](O)[C@H](O)[C@H](O[C@@H]3O[C@H](CO)[C@H](O)[C@H](O[C@H]4O[C@H](CO)[C@H](O)[C@H](O[C@H]5O[C@H](CO)[C@H](O)[C@H](O)[C@H]5O)[C@H]4NC(C)=O)[C@H]3O[C@@H]3O[C@@H](C)[C@@H](O)[C@@H](O)[C@@H]3O)[C@H](CO)NC(C)=O)[C@@H]2NC(C)=O)O[C@H](CO)[C@@H](O)[C@@H]1O. The van der Waals surface area contributed by atoms with Gasteiger partial charge in [-0.3, -0.25) is 19.2 Å². The van der Waals surface area contributed by atoms with E-state index in [9.17, 15) is 116 Å². The van der Waals surface area contributed by atoms with Gasteiger partial charge >= 0.3 is 0 Å². The number of ether oxygens (including phenoxy) is 12. The summed E-state index contributed by atoms with van der Waals surface area (Å²) >= 11 is 0. The molecule has 0 unspecified atom stereocenters. The Kier molecular flexibility index (Phi) is 27.8. The van der Waals surface area contributed by atoms with Crippen LogP contribution < -0.4 is 21.3 Å². The first-order valence-electron chi connectivity index (χ1n) is 28.4. The topological polar surface area (TPSA) is 612 Å². The minimum absolute atomic E-state index is 0.773. The van der Waals surface area contributed by atoms with Gasteiger partial charge in [0.05, 0.1) is 58.4 Å². The molecule has 39 nitrogen and oxygen atoms in total. The maximum atomic E-state index is 13.0. The van der Waals surface area contributed by atoms with Gasteiger partial charge in [-0.25, -0.2) is 0 Å². The second-order valence-electron chi connectivity index (χ2n) is 22.3. The average molecular weight is 1300 g/mol. The molecule has 6 aliphatic heterocycles. The lowest BCUT2D eigenvalue weighted by atomic mass is 9.94. The fourth-order valence-corrected chi connectivity index (χ4v) is 11.0. The van der Waals surface area contributed by atoms with Crippen molar-refractivity contribution in [2.24, 2.45) is 0 Å². The number of carbonyl (C=O) groups excluding carboxylic acids is 4. The summed E-state index contributed by atoms with van der Waals surface area (Å²) in [5.41, 5.74) is 0. The van der Waals surface area contributed by atoms with E-state index >= 15 is 0 Å². The molecule has 89 heavy (non-hydrogen) atoms. The summed E-state index contributed by atoms with van der Waals surface area (Å²) in [5.74, 6) is -3.46. The van der Waals surface area contributed by atoms with Gasteiger partial charge in [0, 0.05) is 27.7 Å². The first kappa shape index (κ1) is 74.7. The van der Waals surface area contributed by atoms with E-state index in [0.717, 1.165) is 27.7 Å². The lowest BCUT2D eigenvalue weighted by Gasteiger charge is -2.51. The number of aliphatic hydroxyl groups excluding tert-OH is 19. The third-order valence-electron chi connectivity index (χ3n) is 15.8. The molecule has 0 aromatic rings. The Bertz CT molecular complexity index is 2240. The molecule has 6 rings (SSSR count). The van der Waals surface area contributed by atoms with Crippen molar-refractivity contribution in [1.29, 1.82) is 0 Å². The average Bonchev–Trinajstić information content (AvgIpc) is 1.07. The highest BCUT2D eigenvalue weighted by Crippen LogP contribution is 2.37. The van der Waals surface area contributed by atoms with E-state index in [1.165, 1.54) is 6.92 Å². The highest BCUT2D eigenvalue weighted by Gasteiger charge is 2.58. The summed E-state index contributed by atoms with van der Waals surface area (Å²) in [4.78, 5) is 50.7. The van der Waals surface area contributed by atoms with E-state index in [2.05, 4.69) is 21.3 Å². The standard InChI is InChI=1S/C50H86N4O35/c1-13-28(66)36(74)38(76)48(79-13)89-44-43(88-47-27(54-17(5)64)42(33(71)23(10-59)82-47)87-49-39(77)37(75)31(69)21(8-57)83-49)34(72)24(11-60)84-50(44)85-40(18(6-55)51-14(2)61)29(67)19(65)12-78-45-26(53-16(4)63)41(32(70)22(9-58)80-45)86-46-25(52-15(3)62)35(73)30(68)20(7-56)81-46/h13,18-50,55-60,65-77H,6-12H2,1-5H3,(H,51,61)(H,52,62)(H,53,63)(H,54,64)/t13-,18-,19+,20+,21+,22+,23+,24+,25+,26+,27+,28+,29-,30+,31-,32+,33-,34-,35+,36+,37-,38-,39+,40+,41+,42+,43-,44+,45+,46-,47+,48-,49+,50-/m0/s1. The predicted octanol–water partition coefficient (Wildman–Crippen LogP) is -15.0. The summed E-state index contributed by atoms with van der Waals surface area (Å²) in [6.07, 6.45) is -59.5. The maximum Gasteiger partial charge on any atom is 0.217 e. The molecule has 39 heteroatoms. The monoisotopic (exact) mass is 1300 g/mol. The molecule has 0 aromatic heterocycles. The molecule has 0 saturated carbocycles. The Labute approximate surface area is 506 Å². The van der Waals surface area contributed by atoms with Crippen LogP contribution in [0.2, 0.25) is 0 Å². The first-order chi connectivity index (χ1) is 42.0. The van der Waals surface area contributed by atoms with Gasteiger partial charge in [0.2, 0.25) is 23.6 Å². The molecule has 4 amide bonds. The first-order valence-corrected chi connectivity index (χ1v) is 28.4. The zero-order valence-electron chi connectivity index (χ0n) is 48.6. The van der Waals surface area contributed by atoms with E-state index in [1.54, 1.807) is 0 Å². The summed E-state index contributed by atoms with van der Waals surface area (Å²) in [6, 6.07) is -7.06. The van der Waals surface area contributed by atoms with Crippen molar-refractivity contribution in [2.45, 2.75) is 243 Å². The lowest BCUT2D eigenvalue weighted by molar-refractivity contribution is -0.396. The zero-order valence-corrected chi connectivity index (χ0v) is 48.6. The van der Waals surface area contributed by atoms with Gasteiger partial charge in [0.1, 0.15) is 159 Å². The van der Waals surface area contributed by atoms with Crippen molar-refractivity contribution in [3.63, 3.8) is 0 Å². The van der Waals surface area contributed by atoms with Crippen molar-refractivity contribution < 1.29 is 173 Å². The number of aliphatic hydroxyl groups is 19. The van der Waals surface area contributed by atoms with Gasteiger partial charge < -0.3 is 175 Å². The third kappa shape index (κ3) is 17.5. The summed E-state index contributed by atoms with van der Waals surface area (Å²) in [6.45, 7) is -2.22. The van der Waals surface area contributed by atoms with Crippen LogP contribution in [-0.2, 0) is 76.0 Å². The molecule has 6 aliphatic rings. The fourth-order valence-electron chi connectivity index (χ4n) is 11.0. The van der Waals surface area contributed by atoms with Crippen LogP contribution in [0.25, 0.3) is 0 Å². The smallest absolute Gasteiger partial charge is 0.217 e. The van der Waals surface area contributed by atoms with Crippen LogP contribution in [0, 0.1) is 0 Å². The van der Waals surface area contributed by atoms with Crippen molar-refractivity contribution in [2.75, 3.05) is 46.2 Å². The second kappa shape index (κ2) is 33.2. The Morgan fingerprint density at radius 1 is 0.404 bits per heavy atom. The van der Waals surface area contributed by atoms with Gasteiger partial charge in [-0.15, -0.1) is 0 Å². The van der Waals surface area contributed by atoms with Gasteiger partial charge in [0.15, 0.2) is 37.7 Å². The van der Waals surface area contributed by atoms with E-state index in [1.807, 2.05) is 0 Å². The molecule has 6 fully saturated rings.